The molecule has 0 saturated heterocycles. The molecule has 1 unspecified atom stereocenters. The smallest absolute Gasteiger partial charge is 0.119 e. The molecule has 0 amide bonds. The van der Waals surface area contributed by atoms with Crippen molar-refractivity contribution in [3.05, 3.63) is 59.1 Å². The number of aromatic nitrogens is 1. The number of hydrogen-bond acceptors (Lipinski definition) is 4. The molecule has 0 aliphatic heterocycles. The van der Waals surface area contributed by atoms with Gasteiger partial charge in [-0.15, -0.1) is 11.3 Å². The standard InChI is InChI=1S/C19H22N2OS/c1-13(2)22-16-7-5-6-14(11-16)10-15(12-20)19-21-17-8-3-4-9-18(17)23-19/h3-9,11,13,15H,10,12,20H2,1-2H3. The lowest BCUT2D eigenvalue weighted by Gasteiger charge is -2.14. The number of para-hydroxylation sites is 1. The van der Waals surface area contributed by atoms with E-state index in [9.17, 15) is 0 Å². The van der Waals surface area contributed by atoms with Crippen LogP contribution >= 0.6 is 11.3 Å². The third-order valence-corrected chi connectivity index (χ3v) is 4.90. The number of rotatable bonds is 6. The van der Waals surface area contributed by atoms with Crippen LogP contribution in [0.1, 0.15) is 30.3 Å². The van der Waals surface area contributed by atoms with Crippen LogP contribution in [0.2, 0.25) is 0 Å². The molecule has 3 nitrogen and oxygen atoms in total. The average Bonchev–Trinajstić information content (AvgIpc) is 2.96. The first-order chi connectivity index (χ1) is 11.2. The topological polar surface area (TPSA) is 48.1 Å². The highest BCUT2D eigenvalue weighted by Gasteiger charge is 2.16. The van der Waals surface area contributed by atoms with Crippen LogP contribution in [0, 0.1) is 0 Å². The number of fused-ring (bicyclic) bond motifs is 1. The molecule has 0 fully saturated rings. The van der Waals surface area contributed by atoms with Gasteiger partial charge in [0.1, 0.15) is 5.75 Å². The Morgan fingerprint density at radius 3 is 2.70 bits per heavy atom. The number of ether oxygens (including phenoxy) is 1. The summed E-state index contributed by atoms with van der Waals surface area (Å²) in [4.78, 5) is 4.76. The van der Waals surface area contributed by atoms with Crippen molar-refractivity contribution in [2.45, 2.75) is 32.3 Å². The van der Waals surface area contributed by atoms with E-state index in [1.165, 1.54) is 10.3 Å². The second-order valence-electron chi connectivity index (χ2n) is 5.97. The van der Waals surface area contributed by atoms with Gasteiger partial charge in [-0.1, -0.05) is 24.3 Å². The van der Waals surface area contributed by atoms with E-state index in [-0.39, 0.29) is 12.0 Å². The van der Waals surface area contributed by atoms with Gasteiger partial charge in [0.05, 0.1) is 21.3 Å². The molecule has 4 heteroatoms. The van der Waals surface area contributed by atoms with Crippen LogP contribution in [-0.2, 0) is 6.42 Å². The van der Waals surface area contributed by atoms with Crippen LogP contribution in [0.5, 0.6) is 5.75 Å². The summed E-state index contributed by atoms with van der Waals surface area (Å²) in [5, 5.41) is 1.11. The molecule has 3 rings (SSSR count). The summed E-state index contributed by atoms with van der Waals surface area (Å²) in [6.07, 6.45) is 1.06. The summed E-state index contributed by atoms with van der Waals surface area (Å²) in [6, 6.07) is 16.5. The van der Waals surface area contributed by atoms with Gasteiger partial charge in [0, 0.05) is 12.5 Å². The van der Waals surface area contributed by atoms with E-state index in [2.05, 4.69) is 30.3 Å². The Hall–Kier alpha value is -1.91. The van der Waals surface area contributed by atoms with Gasteiger partial charge in [-0.05, 0) is 50.1 Å². The summed E-state index contributed by atoms with van der Waals surface area (Å²) in [7, 11) is 0. The van der Waals surface area contributed by atoms with E-state index in [0.29, 0.717) is 6.54 Å². The van der Waals surface area contributed by atoms with Crippen molar-refractivity contribution in [2.24, 2.45) is 5.73 Å². The van der Waals surface area contributed by atoms with Crippen LogP contribution in [0.4, 0.5) is 0 Å². The summed E-state index contributed by atoms with van der Waals surface area (Å²) in [5.74, 6) is 1.15. The zero-order valence-corrected chi connectivity index (χ0v) is 14.3. The van der Waals surface area contributed by atoms with E-state index >= 15 is 0 Å². The quantitative estimate of drug-likeness (QED) is 0.732. The highest BCUT2D eigenvalue weighted by Crippen LogP contribution is 2.29. The summed E-state index contributed by atoms with van der Waals surface area (Å²) >= 11 is 1.74. The number of nitrogens with two attached hydrogens (primary N) is 1. The maximum Gasteiger partial charge on any atom is 0.119 e. The molecule has 1 aromatic heterocycles. The fraction of sp³-hybridized carbons (Fsp3) is 0.316. The van der Waals surface area contributed by atoms with Crippen molar-refractivity contribution in [1.29, 1.82) is 0 Å². The normalized spacial score (nSPS) is 12.7. The van der Waals surface area contributed by atoms with Gasteiger partial charge in [-0.3, -0.25) is 0 Å². The molecule has 3 aromatic rings. The first-order valence-electron chi connectivity index (χ1n) is 7.97. The molecule has 1 heterocycles. The summed E-state index contributed by atoms with van der Waals surface area (Å²) < 4.78 is 7.00. The largest absolute Gasteiger partial charge is 0.491 e. The molecule has 0 aliphatic carbocycles. The second-order valence-corrected chi connectivity index (χ2v) is 7.03. The lowest BCUT2D eigenvalue weighted by molar-refractivity contribution is 0.242. The molecule has 0 spiro atoms. The monoisotopic (exact) mass is 326 g/mol. The summed E-state index contributed by atoms with van der Waals surface area (Å²) in [6.45, 7) is 4.67. The Labute approximate surface area is 141 Å². The molecule has 0 saturated carbocycles. The Bertz CT molecular complexity index is 749. The van der Waals surface area contributed by atoms with Crippen molar-refractivity contribution in [1.82, 2.24) is 4.98 Å². The Kier molecular flexibility index (Phi) is 4.94. The van der Waals surface area contributed by atoms with Gasteiger partial charge >= 0.3 is 0 Å². The Morgan fingerprint density at radius 2 is 1.96 bits per heavy atom. The molecule has 0 radical (unpaired) electrons. The van der Waals surface area contributed by atoms with Gasteiger partial charge in [-0.2, -0.15) is 0 Å². The first kappa shape index (κ1) is 16.0. The SMILES string of the molecule is CC(C)Oc1cccc(CC(CN)c2nc3ccccc3s2)c1. The highest BCUT2D eigenvalue weighted by atomic mass is 32.1. The fourth-order valence-electron chi connectivity index (χ4n) is 2.64. The Balaban J connectivity index is 1.81. The van der Waals surface area contributed by atoms with Crippen LogP contribution in [0.25, 0.3) is 10.2 Å². The van der Waals surface area contributed by atoms with Gasteiger partial charge in [0.2, 0.25) is 0 Å². The van der Waals surface area contributed by atoms with Crippen molar-refractivity contribution in [3.63, 3.8) is 0 Å². The lowest BCUT2D eigenvalue weighted by Crippen LogP contribution is -2.15. The molecular formula is C19H22N2OS. The van der Waals surface area contributed by atoms with Crippen molar-refractivity contribution >= 4 is 21.6 Å². The third-order valence-electron chi connectivity index (χ3n) is 3.70. The molecule has 0 aliphatic rings. The van der Waals surface area contributed by atoms with Crippen molar-refractivity contribution < 1.29 is 4.74 Å². The first-order valence-corrected chi connectivity index (χ1v) is 8.78. The molecule has 23 heavy (non-hydrogen) atoms. The van der Waals surface area contributed by atoms with Crippen LogP contribution in [0.15, 0.2) is 48.5 Å². The van der Waals surface area contributed by atoms with E-state index < -0.39 is 0 Å². The minimum absolute atomic E-state index is 0.180. The maximum absolute atomic E-state index is 6.03. The van der Waals surface area contributed by atoms with Crippen LogP contribution in [-0.4, -0.2) is 17.6 Å². The minimum atomic E-state index is 0.180. The number of nitrogens with zero attached hydrogens (tertiary/aromatic N) is 1. The molecular weight excluding hydrogens is 304 g/mol. The van der Waals surface area contributed by atoms with E-state index in [0.717, 1.165) is 22.7 Å². The van der Waals surface area contributed by atoms with Gasteiger partial charge < -0.3 is 10.5 Å². The molecule has 0 bridgehead atoms. The van der Waals surface area contributed by atoms with Gasteiger partial charge in [0.15, 0.2) is 0 Å². The fourth-order valence-corrected chi connectivity index (χ4v) is 3.72. The molecule has 2 N–H and O–H groups in total. The molecule has 1 atom stereocenters. The van der Waals surface area contributed by atoms with E-state index in [1.807, 2.05) is 32.0 Å². The zero-order chi connectivity index (χ0) is 16.2. The Morgan fingerprint density at radius 1 is 1.13 bits per heavy atom. The third kappa shape index (κ3) is 3.89. The van der Waals surface area contributed by atoms with Gasteiger partial charge in [-0.25, -0.2) is 4.98 Å². The van der Waals surface area contributed by atoms with Crippen molar-refractivity contribution in [2.75, 3.05) is 6.54 Å². The second kappa shape index (κ2) is 7.11. The minimum Gasteiger partial charge on any atom is -0.491 e. The van der Waals surface area contributed by atoms with Gasteiger partial charge in [0.25, 0.3) is 0 Å². The number of benzene rings is 2. The zero-order valence-electron chi connectivity index (χ0n) is 13.5. The van der Waals surface area contributed by atoms with Crippen LogP contribution < -0.4 is 10.5 Å². The van der Waals surface area contributed by atoms with E-state index in [1.54, 1.807) is 11.3 Å². The lowest BCUT2D eigenvalue weighted by atomic mass is 10.00. The van der Waals surface area contributed by atoms with E-state index in [4.69, 9.17) is 15.5 Å². The predicted molar refractivity (Wildman–Crippen MR) is 97.3 cm³/mol. The maximum atomic E-state index is 6.03. The molecule has 2 aromatic carbocycles. The number of thiazole rings is 1. The highest BCUT2D eigenvalue weighted by molar-refractivity contribution is 7.18. The summed E-state index contributed by atoms with van der Waals surface area (Å²) in [5.41, 5.74) is 8.32. The predicted octanol–water partition coefficient (Wildman–Crippen LogP) is 4.37. The molecule has 120 valence electrons. The number of hydrogen-bond donors (Lipinski definition) is 1. The average molecular weight is 326 g/mol. The van der Waals surface area contributed by atoms with Crippen molar-refractivity contribution in [3.8, 4) is 5.75 Å². The van der Waals surface area contributed by atoms with Crippen LogP contribution in [0.3, 0.4) is 0 Å².